The molecule has 0 saturated carbocycles. The summed E-state index contributed by atoms with van der Waals surface area (Å²) in [5.41, 5.74) is 14.1. The SMILES string of the molecule is C.C.C.C.C.CC(C)OCc1ccccc1.CC(C)c1cccc(N(C)C)c1.CCOC(=O)Cc1ccc(C(C)C)cn1.CCOc1cccc(C(C)C)c1.COc1cc(C(C)C)ccc1C.Cc1cccc(C)c1C(C)C. The van der Waals surface area contributed by atoms with E-state index in [-0.39, 0.29) is 49.5 Å². The van der Waals surface area contributed by atoms with Gasteiger partial charge in [0.2, 0.25) is 0 Å². The molecule has 78 heavy (non-hydrogen) atoms. The van der Waals surface area contributed by atoms with Crippen molar-refractivity contribution < 1.29 is 23.7 Å². The second-order valence-electron chi connectivity index (χ2n) is 20.2. The number of hydrogen-bond donors (Lipinski definition) is 0. The molecule has 0 aliphatic rings. The molecule has 0 bridgehead atoms. The number of carbonyl (C=O) groups is 1. The molecule has 0 aliphatic heterocycles. The minimum Gasteiger partial charge on any atom is -0.496 e. The predicted octanol–water partition coefficient (Wildman–Crippen LogP) is 20.7. The van der Waals surface area contributed by atoms with E-state index in [2.05, 4.69) is 199 Å². The van der Waals surface area contributed by atoms with Gasteiger partial charge in [0, 0.05) is 26.0 Å². The fourth-order valence-corrected chi connectivity index (χ4v) is 7.30. The lowest BCUT2D eigenvalue weighted by Gasteiger charge is -2.14. The number of aryl methyl sites for hydroxylation is 3. The lowest BCUT2D eigenvalue weighted by Crippen LogP contribution is -2.08. The number of carbonyl (C=O) groups excluding carboxylic acids is 1. The standard InChI is InChI=1S/C12H17NO2.C11H17N.2C11H16O.C11H16.C10H14O.5CH4/c1-4-15-12(14)7-11-6-5-10(8-13-11)9(2)3;1-9(2)10-6-5-7-11(8-10)12(3)4;1-8(2)10-6-5-9(3)11(7-10)12-4;1-4-12-11-7-5-6-10(8-11)9(2)3;1-8(2)11-9(3)6-5-7-10(11)4;1-9(2)11-8-10-6-4-3-5-7-10;;;;;/h5-6,8-9H,4,7H2,1-3H3;5-9H,1-4H3;5-8H,1-4H3;5-9H,4H2,1-3H3;5-8H,1-4H3;3-7,9H,8H2,1-2H3;5*1H4. The van der Waals surface area contributed by atoms with Gasteiger partial charge in [0.1, 0.15) is 11.5 Å². The monoisotopic (exact) mass is 1080 g/mol. The molecule has 6 rings (SSSR count). The van der Waals surface area contributed by atoms with Crippen LogP contribution in [0.2, 0.25) is 0 Å². The Morgan fingerprint density at radius 3 is 1.46 bits per heavy atom. The second kappa shape index (κ2) is 45.0. The molecule has 1 aromatic heterocycles. The molecule has 7 heteroatoms. The smallest absolute Gasteiger partial charge is 0.311 e. The Morgan fingerprint density at radius 1 is 0.526 bits per heavy atom. The Balaban J connectivity index is -0.000000271. The molecule has 0 spiro atoms. The van der Waals surface area contributed by atoms with Crippen LogP contribution in [0.4, 0.5) is 5.69 Å². The zero-order valence-corrected chi connectivity index (χ0v) is 48.9. The number of pyridine rings is 1. The van der Waals surface area contributed by atoms with Gasteiger partial charge in [-0.15, -0.1) is 0 Å². The van der Waals surface area contributed by atoms with E-state index in [1.54, 1.807) is 14.0 Å². The maximum Gasteiger partial charge on any atom is 0.311 e. The minimum absolute atomic E-state index is 0. The van der Waals surface area contributed by atoms with Gasteiger partial charge in [-0.25, -0.2) is 0 Å². The van der Waals surface area contributed by atoms with Crippen molar-refractivity contribution in [1.29, 1.82) is 0 Å². The third-order valence-corrected chi connectivity index (χ3v) is 11.7. The van der Waals surface area contributed by atoms with Gasteiger partial charge in [0.25, 0.3) is 0 Å². The number of aromatic nitrogens is 1. The first-order chi connectivity index (χ1) is 34.5. The normalized spacial score (nSPS) is 9.77. The zero-order chi connectivity index (χ0) is 55.0. The number of benzene rings is 5. The summed E-state index contributed by atoms with van der Waals surface area (Å²) in [6, 6.07) is 43.9. The van der Waals surface area contributed by atoms with Crippen molar-refractivity contribution in [2.24, 2.45) is 0 Å². The highest BCUT2D eigenvalue weighted by Crippen LogP contribution is 2.25. The van der Waals surface area contributed by atoms with E-state index in [0.29, 0.717) is 42.3 Å². The molecular formula is C71H116N2O5. The molecule has 0 atom stereocenters. The van der Waals surface area contributed by atoms with Gasteiger partial charge < -0.3 is 23.8 Å². The van der Waals surface area contributed by atoms with Gasteiger partial charge in [-0.05, 0) is 165 Å². The summed E-state index contributed by atoms with van der Waals surface area (Å²) in [6.45, 7) is 38.1. The van der Waals surface area contributed by atoms with Gasteiger partial charge in [-0.1, -0.05) is 197 Å². The van der Waals surface area contributed by atoms with E-state index >= 15 is 0 Å². The third-order valence-electron chi connectivity index (χ3n) is 11.7. The van der Waals surface area contributed by atoms with Crippen molar-refractivity contribution in [3.63, 3.8) is 0 Å². The van der Waals surface area contributed by atoms with Crippen LogP contribution >= 0.6 is 0 Å². The number of methoxy groups -OCH3 is 1. The van der Waals surface area contributed by atoms with Gasteiger partial charge in [-0.2, -0.15) is 0 Å². The molecule has 0 N–H and O–H groups in total. The minimum atomic E-state index is -0.220. The van der Waals surface area contributed by atoms with E-state index in [4.69, 9.17) is 18.9 Å². The Morgan fingerprint density at radius 2 is 1.03 bits per heavy atom. The average Bonchev–Trinajstić information content (AvgIpc) is 3.35. The van der Waals surface area contributed by atoms with E-state index in [1.807, 2.05) is 69.4 Å². The molecule has 0 radical (unpaired) electrons. The molecule has 0 amide bonds. The van der Waals surface area contributed by atoms with Gasteiger partial charge in [0.15, 0.2) is 0 Å². The predicted molar refractivity (Wildman–Crippen MR) is 347 cm³/mol. The number of ether oxygens (including phenoxy) is 4. The summed E-state index contributed by atoms with van der Waals surface area (Å²) in [5, 5.41) is 0. The van der Waals surface area contributed by atoms with Gasteiger partial charge in [-0.3, -0.25) is 9.78 Å². The number of esters is 1. The molecule has 6 aromatic rings. The Labute approximate surface area is 482 Å². The summed E-state index contributed by atoms with van der Waals surface area (Å²) < 4.78 is 20.9. The topological polar surface area (TPSA) is 70.1 Å². The summed E-state index contributed by atoms with van der Waals surface area (Å²) in [7, 11) is 5.85. The average molecular weight is 1080 g/mol. The van der Waals surface area contributed by atoms with Crippen LogP contribution in [-0.4, -0.2) is 51.5 Å². The van der Waals surface area contributed by atoms with Crippen LogP contribution in [0, 0.1) is 20.8 Å². The molecule has 0 aliphatic carbocycles. The lowest BCUT2D eigenvalue weighted by atomic mass is 9.94. The molecule has 0 unspecified atom stereocenters. The number of nitrogens with zero attached hydrogens (tertiary/aromatic N) is 2. The fourth-order valence-electron chi connectivity index (χ4n) is 7.30. The number of rotatable bonds is 15. The van der Waals surface area contributed by atoms with Crippen LogP contribution in [0.15, 0.2) is 134 Å². The fraction of sp³-hybridized carbons (Fsp3) is 0.493. The third kappa shape index (κ3) is 33.4. The highest BCUT2D eigenvalue weighted by molar-refractivity contribution is 5.71. The Kier molecular flexibility index (Phi) is 46.7. The van der Waals surface area contributed by atoms with Crippen molar-refractivity contribution in [2.75, 3.05) is 39.3 Å². The first kappa shape index (κ1) is 80.9. The van der Waals surface area contributed by atoms with E-state index in [9.17, 15) is 4.79 Å². The summed E-state index contributed by atoms with van der Waals surface area (Å²) in [6.07, 6.45) is 2.39. The quantitative estimate of drug-likeness (QED) is 0.0949. The molecule has 440 valence electrons. The maximum absolute atomic E-state index is 11.2. The van der Waals surface area contributed by atoms with Crippen LogP contribution in [0.25, 0.3) is 0 Å². The van der Waals surface area contributed by atoms with E-state index in [0.717, 1.165) is 30.4 Å². The maximum atomic E-state index is 11.2. The second-order valence-corrected chi connectivity index (χ2v) is 20.2. The highest BCUT2D eigenvalue weighted by Gasteiger charge is 2.08. The molecular weight excluding hydrogens is 961 g/mol. The van der Waals surface area contributed by atoms with Crippen molar-refractivity contribution in [1.82, 2.24) is 4.98 Å². The lowest BCUT2D eigenvalue weighted by molar-refractivity contribution is -0.142. The van der Waals surface area contributed by atoms with E-state index in [1.165, 1.54) is 55.8 Å². The van der Waals surface area contributed by atoms with Crippen molar-refractivity contribution >= 4 is 11.7 Å². The van der Waals surface area contributed by atoms with Crippen LogP contribution in [-0.2, 0) is 27.3 Å². The van der Waals surface area contributed by atoms with Gasteiger partial charge in [0.05, 0.1) is 45.1 Å². The molecule has 5 aromatic carbocycles. The first-order valence-electron chi connectivity index (χ1n) is 26.5. The van der Waals surface area contributed by atoms with Gasteiger partial charge >= 0.3 is 5.97 Å². The summed E-state index contributed by atoms with van der Waals surface area (Å²) >= 11 is 0. The molecule has 7 nitrogen and oxygen atoms in total. The number of anilines is 1. The summed E-state index contributed by atoms with van der Waals surface area (Å²) in [5.74, 6) is 4.62. The Hall–Kier alpha value is -5.92. The number of hydrogen-bond acceptors (Lipinski definition) is 7. The summed E-state index contributed by atoms with van der Waals surface area (Å²) in [4.78, 5) is 17.5. The molecule has 0 saturated heterocycles. The van der Waals surface area contributed by atoms with Crippen LogP contribution in [0.1, 0.15) is 219 Å². The van der Waals surface area contributed by atoms with Crippen molar-refractivity contribution in [2.45, 2.75) is 204 Å². The van der Waals surface area contributed by atoms with Crippen LogP contribution < -0.4 is 14.4 Å². The molecule has 1 heterocycles. The highest BCUT2D eigenvalue weighted by atomic mass is 16.5. The van der Waals surface area contributed by atoms with E-state index < -0.39 is 0 Å². The van der Waals surface area contributed by atoms with Crippen LogP contribution in [0.3, 0.4) is 0 Å². The first-order valence-corrected chi connectivity index (χ1v) is 26.5. The van der Waals surface area contributed by atoms with Crippen molar-refractivity contribution in [3.8, 4) is 11.5 Å². The largest absolute Gasteiger partial charge is 0.496 e. The molecule has 0 fully saturated rings. The zero-order valence-electron chi connectivity index (χ0n) is 48.9. The Bertz CT molecular complexity index is 2340. The van der Waals surface area contributed by atoms with Crippen molar-refractivity contribution in [3.05, 3.63) is 189 Å². The van der Waals surface area contributed by atoms with Crippen LogP contribution in [0.5, 0.6) is 11.5 Å².